The van der Waals surface area contributed by atoms with Crippen LogP contribution in [0.5, 0.6) is 5.75 Å². The van der Waals surface area contributed by atoms with Crippen molar-refractivity contribution in [2.45, 2.75) is 176 Å². The van der Waals surface area contributed by atoms with Crippen molar-refractivity contribution in [3.05, 3.63) is 154 Å². The zero-order valence-electron chi connectivity index (χ0n) is 64.2. The number of nitrogens with zero attached hydrogens (tertiary/aromatic N) is 6. The molecule has 3 aliphatic rings. The SMILES string of the molecule is C[C@@H]1NC(=O)C[C@@H](C(=O)N2CCC[C@H]2C(=O)O)NC(=O)[C@H](Cc2ccc(Cl)cc2)N(C)C(=O)[C@H](Cc2ccc(Cl)cc2)N(C)C(=O)[C@H](Cc2c[nH]c3ccccc23)NC(=O)[C@H]([C@@H](C)O)NC(=O)[C@H]([C@@H](C)O)CC(=O)[C@H](Cc2cnc[nH]2)N(C)C(=O)[C@H](Cc2ccc(O)c(F)c2)NC(=O)[C@H](CCS(C)(=O)=O)NC(=O)[C@@H]2CCCN2C1=O. The van der Waals surface area contributed by atoms with E-state index >= 15 is 33.2 Å². The molecule has 0 bridgehead atoms. The van der Waals surface area contributed by atoms with E-state index in [1.807, 2.05) is 0 Å². The third-order valence-corrected chi connectivity index (χ3v) is 22.5. The molecule has 5 heterocycles. The Balaban J connectivity index is 1.16. The minimum atomic E-state index is -3.96. The van der Waals surface area contributed by atoms with Gasteiger partial charge in [-0.15, -0.1) is 0 Å². The highest BCUT2D eigenvalue weighted by molar-refractivity contribution is 7.90. The number of Topliss-reactive ketones (excluding diaryl/α,β-unsaturated/α-hetero) is 1. The third kappa shape index (κ3) is 22.8. The van der Waals surface area contributed by atoms with Crippen LogP contribution in [-0.2, 0) is 104 Å². The fourth-order valence-electron chi connectivity index (χ4n) is 14.5. The van der Waals surface area contributed by atoms with Gasteiger partial charge in [0.1, 0.15) is 70.3 Å². The van der Waals surface area contributed by atoms with Crippen molar-refractivity contribution in [2.75, 3.05) is 46.2 Å². The maximum atomic E-state index is 16.0. The van der Waals surface area contributed by atoms with E-state index in [1.54, 1.807) is 54.7 Å². The maximum Gasteiger partial charge on any atom is 0.326 e. The number of likely N-dealkylation sites (N-methyl/N-ethyl adjacent to an activating group) is 3. The molecule has 2 aromatic heterocycles. The van der Waals surface area contributed by atoms with Crippen LogP contribution in [0.4, 0.5) is 4.39 Å². The highest BCUT2D eigenvalue weighted by atomic mass is 35.5. The highest BCUT2D eigenvalue weighted by Crippen LogP contribution is 2.28. The van der Waals surface area contributed by atoms with Crippen LogP contribution in [-0.4, -0.2) is 270 Å². The number of H-pyrrole nitrogens is 2. The average molecular weight is 1650 g/mol. The second kappa shape index (κ2) is 39.0. The number of aromatic amines is 2. The number of phenolic OH excluding ortho intramolecular Hbond substituents is 1. The van der Waals surface area contributed by atoms with Gasteiger partial charge in [-0.25, -0.2) is 22.6 Å². The average Bonchev–Trinajstić information content (AvgIpc) is 1.78. The first kappa shape index (κ1) is 88.1. The lowest BCUT2D eigenvalue weighted by Crippen LogP contribution is -2.62. The van der Waals surface area contributed by atoms with E-state index < -0.39 is 221 Å². The summed E-state index contributed by atoms with van der Waals surface area (Å²) in [5.74, 6) is -18.5. The number of halogens is 3. The smallest absolute Gasteiger partial charge is 0.326 e. The lowest BCUT2D eigenvalue weighted by molar-refractivity contribution is -0.151. The summed E-state index contributed by atoms with van der Waals surface area (Å²) in [6.07, 6.45) is -2.88. The molecule has 3 aliphatic heterocycles. The number of carbonyl (C=O) groups excluding carboxylic acids is 12. The number of amides is 11. The van der Waals surface area contributed by atoms with Gasteiger partial charge in [0.25, 0.3) is 0 Å². The standard InChI is InChI=1S/C78H95Cl2FN14O19S/c1-41-73(106)94-27-10-14-59(94)70(103)86-55(26-29-115(7,113)114)69(102)87-56(31-46-20-25-64(98)53(81)30-46)74(107)91(4)61(35-50-39-82-40-84-50)65(99)36-52(42(2)96)68(101)90-67(43(3)97)72(105)89-57(34-47-38-83-54-13-9-8-12-51(47)54)75(108)93(6)63(33-45-18-23-49(80)24-19-45)77(110)92(5)62(32-44-16-21-48(79)22-17-44)71(104)88-58(37-66(100)85-41)76(109)95-28-11-15-60(95)78(111)112/h8-9,12-13,16-25,30,38-43,52,55-63,67,83,96-98H,10-11,14-15,26-29,31-37H2,1-7H3,(H,82,84)(H,85,100)(H,86,103)(H,87,102)(H,88,104)(H,89,105)(H,90,101)(H,111,112)/t41-,42+,43+,52-,55-,56-,57-,58-,59-,60-,61-,62-,63-,67-/m0/s1. The number of sulfone groups is 1. The molecule has 14 atom stereocenters. The number of hydrogen-bond donors (Lipinski definition) is 12. The Morgan fingerprint density at radius 3 is 1.82 bits per heavy atom. The Bertz CT molecular complexity index is 4710. The topological polar surface area (TPSA) is 470 Å². The first-order chi connectivity index (χ1) is 54.4. The minimum absolute atomic E-state index is 0.0161. The summed E-state index contributed by atoms with van der Waals surface area (Å²) in [7, 11) is -0.310. The Labute approximate surface area is 672 Å². The number of aliphatic carboxylic acids is 1. The predicted octanol–water partition coefficient (Wildman–Crippen LogP) is 1.21. The number of aromatic hydroxyl groups is 1. The number of rotatable bonds is 17. The molecule has 115 heavy (non-hydrogen) atoms. The van der Waals surface area contributed by atoms with E-state index in [0.717, 1.165) is 63.8 Å². The summed E-state index contributed by atoms with van der Waals surface area (Å²) >= 11 is 12.7. The van der Waals surface area contributed by atoms with Gasteiger partial charge in [0, 0.05) is 118 Å². The van der Waals surface area contributed by atoms with Gasteiger partial charge in [0.2, 0.25) is 65.0 Å². The molecular weight excluding hydrogens is 1560 g/mol. The molecule has 37 heteroatoms. The monoisotopic (exact) mass is 1650 g/mol. The number of carboxylic acids is 1. The lowest BCUT2D eigenvalue weighted by atomic mass is 9.90. The number of aromatic nitrogens is 3. The lowest BCUT2D eigenvalue weighted by Gasteiger charge is -2.37. The molecule has 618 valence electrons. The van der Waals surface area contributed by atoms with Gasteiger partial charge in [-0.05, 0) is 118 Å². The number of carbonyl (C=O) groups is 13. The zero-order chi connectivity index (χ0) is 84.0. The number of aliphatic hydroxyl groups excluding tert-OH is 2. The quantitative estimate of drug-likeness (QED) is 0.0610. The zero-order valence-corrected chi connectivity index (χ0v) is 66.5. The van der Waals surface area contributed by atoms with Crippen LogP contribution in [0.25, 0.3) is 10.9 Å². The van der Waals surface area contributed by atoms with Crippen LogP contribution >= 0.6 is 23.2 Å². The summed E-state index contributed by atoms with van der Waals surface area (Å²) in [6, 6.07) is 3.56. The molecule has 0 saturated carbocycles. The van der Waals surface area contributed by atoms with Crippen LogP contribution in [0.3, 0.4) is 0 Å². The van der Waals surface area contributed by atoms with E-state index in [9.17, 15) is 62.4 Å². The summed E-state index contributed by atoms with van der Waals surface area (Å²) in [4.78, 5) is 210. The number of fused-ring (bicyclic) bond motifs is 2. The number of carboxylic acid groups (broad SMARTS) is 1. The summed E-state index contributed by atoms with van der Waals surface area (Å²) in [6.45, 7) is 3.27. The fourth-order valence-corrected chi connectivity index (χ4v) is 15.4. The molecule has 0 radical (unpaired) electrons. The predicted molar refractivity (Wildman–Crippen MR) is 416 cm³/mol. The highest BCUT2D eigenvalue weighted by Gasteiger charge is 2.46. The number of aliphatic hydroxyl groups is 2. The Kier molecular flexibility index (Phi) is 29.8. The van der Waals surface area contributed by atoms with Gasteiger partial charge in [-0.1, -0.05) is 71.7 Å². The van der Waals surface area contributed by atoms with Crippen molar-refractivity contribution in [1.29, 1.82) is 0 Å². The molecule has 12 N–H and O–H groups in total. The number of benzene rings is 4. The van der Waals surface area contributed by atoms with Crippen LogP contribution in [0.1, 0.15) is 93.7 Å². The van der Waals surface area contributed by atoms with E-state index in [2.05, 4.69) is 46.9 Å². The van der Waals surface area contributed by atoms with Crippen molar-refractivity contribution < 1.29 is 95.6 Å². The van der Waals surface area contributed by atoms with Crippen molar-refractivity contribution >= 4 is 121 Å². The van der Waals surface area contributed by atoms with Gasteiger partial charge in [-0.3, -0.25) is 57.5 Å². The van der Waals surface area contributed by atoms with Crippen molar-refractivity contribution in [1.82, 2.24) is 71.4 Å². The molecule has 0 spiro atoms. The first-order valence-electron chi connectivity index (χ1n) is 37.4. The molecule has 33 nitrogen and oxygen atoms in total. The maximum absolute atomic E-state index is 16.0. The number of likely N-dealkylation sites (tertiary alicyclic amines) is 1. The van der Waals surface area contributed by atoms with Crippen LogP contribution < -0.4 is 31.9 Å². The van der Waals surface area contributed by atoms with Gasteiger partial charge in [0.05, 0.1) is 42.7 Å². The van der Waals surface area contributed by atoms with Gasteiger partial charge in [0.15, 0.2) is 17.3 Å². The number of nitrogens with one attached hydrogen (secondary N) is 8. The molecule has 3 fully saturated rings. The minimum Gasteiger partial charge on any atom is -0.505 e. The second-order valence-corrected chi connectivity index (χ2v) is 32.6. The molecule has 9 rings (SSSR count). The van der Waals surface area contributed by atoms with E-state index in [1.165, 1.54) is 63.9 Å². The first-order valence-corrected chi connectivity index (χ1v) is 40.2. The second-order valence-electron chi connectivity index (χ2n) is 29.5. The Hall–Kier alpha value is -10.9. The number of imidazole rings is 1. The molecule has 11 amide bonds. The molecule has 4 aromatic carbocycles. The number of phenols is 1. The third-order valence-electron chi connectivity index (χ3n) is 21.1. The molecule has 6 aromatic rings. The fraction of sp³-hybridized carbons (Fsp3) is 0.462. The van der Waals surface area contributed by atoms with Crippen molar-refractivity contribution in [3.8, 4) is 5.75 Å². The summed E-state index contributed by atoms with van der Waals surface area (Å²) in [5.41, 5.74) is 2.05. The van der Waals surface area contributed by atoms with E-state index in [4.69, 9.17) is 23.2 Å². The van der Waals surface area contributed by atoms with Crippen LogP contribution in [0, 0.1) is 11.7 Å². The number of hydrogen-bond acceptors (Lipinski definition) is 19. The molecule has 0 aliphatic carbocycles. The van der Waals surface area contributed by atoms with Gasteiger partial charge < -0.3 is 86.8 Å². The van der Waals surface area contributed by atoms with Crippen molar-refractivity contribution in [2.24, 2.45) is 5.92 Å². The van der Waals surface area contributed by atoms with E-state index in [-0.39, 0.29) is 74.3 Å². The Morgan fingerprint density at radius 2 is 1.21 bits per heavy atom. The summed E-state index contributed by atoms with van der Waals surface area (Å²) < 4.78 is 40.9. The number of ketones is 1. The molecular formula is C78H95Cl2FN14O19S. The van der Waals surface area contributed by atoms with Gasteiger partial charge in [-0.2, -0.15) is 0 Å². The van der Waals surface area contributed by atoms with Crippen LogP contribution in [0.2, 0.25) is 10.0 Å². The van der Waals surface area contributed by atoms with Crippen molar-refractivity contribution in [3.63, 3.8) is 0 Å². The normalized spacial score (nSPS) is 25.0. The van der Waals surface area contributed by atoms with Gasteiger partial charge >= 0.3 is 5.97 Å². The van der Waals surface area contributed by atoms with Crippen LogP contribution in [0.15, 0.2) is 110 Å². The summed E-state index contributed by atoms with van der Waals surface area (Å²) in [5, 5.41) is 60.0. The van der Waals surface area contributed by atoms with E-state index in [0.29, 0.717) is 32.6 Å². The Morgan fingerprint density at radius 1 is 0.617 bits per heavy atom. The molecule has 3 saturated heterocycles. The molecule has 0 unspecified atom stereocenters. The number of para-hydroxylation sites is 1. The largest absolute Gasteiger partial charge is 0.505 e.